The molecule has 1 saturated carbocycles. The van der Waals surface area contributed by atoms with E-state index in [4.69, 9.17) is 9.47 Å². The maximum atomic E-state index is 13.4. The van der Waals surface area contributed by atoms with E-state index in [1.165, 1.54) is 6.42 Å². The van der Waals surface area contributed by atoms with Crippen LogP contribution >= 0.6 is 0 Å². The van der Waals surface area contributed by atoms with Gasteiger partial charge in [0.25, 0.3) is 0 Å². The van der Waals surface area contributed by atoms with Crippen molar-refractivity contribution in [1.82, 2.24) is 5.32 Å². The zero-order valence-corrected chi connectivity index (χ0v) is 19.0. The van der Waals surface area contributed by atoms with Crippen molar-refractivity contribution in [3.05, 3.63) is 52.4 Å². The number of methoxy groups -OCH3 is 1. The molecule has 1 aromatic carbocycles. The van der Waals surface area contributed by atoms with Gasteiger partial charge < -0.3 is 14.8 Å². The van der Waals surface area contributed by atoms with Crippen molar-refractivity contribution in [3.8, 4) is 5.75 Å². The zero-order valence-electron chi connectivity index (χ0n) is 19.0. The van der Waals surface area contributed by atoms with Gasteiger partial charge in [-0.2, -0.15) is 0 Å². The number of carbonyl (C=O) groups excluding carboxylic acids is 2. The van der Waals surface area contributed by atoms with Crippen molar-refractivity contribution in [3.63, 3.8) is 0 Å². The quantitative estimate of drug-likeness (QED) is 0.677. The number of hydrogen-bond donors (Lipinski definition) is 1. The van der Waals surface area contributed by atoms with Crippen molar-refractivity contribution in [2.45, 2.75) is 77.7 Å². The van der Waals surface area contributed by atoms with E-state index in [1.807, 2.05) is 31.2 Å². The normalized spacial score (nSPS) is 23.9. The first kappa shape index (κ1) is 21.7. The number of rotatable bonds is 4. The highest BCUT2D eigenvalue weighted by molar-refractivity contribution is 6.04. The molecule has 0 aromatic heterocycles. The van der Waals surface area contributed by atoms with Crippen LogP contribution in [0.25, 0.3) is 0 Å². The fourth-order valence-electron chi connectivity index (χ4n) is 5.26. The summed E-state index contributed by atoms with van der Waals surface area (Å²) >= 11 is 0. The van der Waals surface area contributed by atoms with E-state index in [1.54, 1.807) is 7.11 Å². The zero-order chi connectivity index (χ0) is 22.2. The Kier molecular flexibility index (Phi) is 5.96. The van der Waals surface area contributed by atoms with Gasteiger partial charge in [0.2, 0.25) is 0 Å². The van der Waals surface area contributed by atoms with Crippen LogP contribution in [0.3, 0.4) is 0 Å². The van der Waals surface area contributed by atoms with Gasteiger partial charge in [0.1, 0.15) is 11.9 Å². The number of ketones is 1. The summed E-state index contributed by atoms with van der Waals surface area (Å²) in [4.78, 5) is 26.8. The Balaban J connectivity index is 1.77. The predicted molar refractivity (Wildman–Crippen MR) is 120 cm³/mol. The summed E-state index contributed by atoms with van der Waals surface area (Å²) in [6.07, 6.45) is 6.42. The molecule has 1 fully saturated rings. The fraction of sp³-hybridized carbons (Fsp3) is 0.538. The molecule has 166 valence electrons. The minimum absolute atomic E-state index is 0.0381. The first-order chi connectivity index (χ1) is 14.8. The smallest absolute Gasteiger partial charge is 0.337 e. The van der Waals surface area contributed by atoms with Crippen LogP contribution in [0.4, 0.5) is 0 Å². The first-order valence-electron chi connectivity index (χ1n) is 11.4. The van der Waals surface area contributed by atoms with Crippen molar-refractivity contribution in [2.75, 3.05) is 7.11 Å². The lowest BCUT2D eigenvalue weighted by molar-refractivity contribution is -0.146. The van der Waals surface area contributed by atoms with Crippen LogP contribution in [-0.4, -0.2) is 25.0 Å². The second-order valence-electron chi connectivity index (χ2n) is 9.87. The topological polar surface area (TPSA) is 64.6 Å². The first-order valence-corrected chi connectivity index (χ1v) is 11.4. The summed E-state index contributed by atoms with van der Waals surface area (Å²) in [7, 11) is 1.62. The third-order valence-corrected chi connectivity index (χ3v) is 6.71. The third kappa shape index (κ3) is 4.41. The predicted octanol–water partition coefficient (Wildman–Crippen LogP) is 5.18. The summed E-state index contributed by atoms with van der Waals surface area (Å²) < 4.78 is 11.4. The van der Waals surface area contributed by atoms with Gasteiger partial charge in [-0.1, -0.05) is 32.4 Å². The Labute approximate surface area is 184 Å². The van der Waals surface area contributed by atoms with Gasteiger partial charge in [-0.15, -0.1) is 0 Å². The van der Waals surface area contributed by atoms with E-state index in [0.717, 1.165) is 49.1 Å². The Morgan fingerprint density at radius 3 is 2.58 bits per heavy atom. The number of hydrogen-bond acceptors (Lipinski definition) is 5. The van der Waals surface area contributed by atoms with Crippen molar-refractivity contribution < 1.29 is 19.1 Å². The molecule has 1 aliphatic heterocycles. The minimum Gasteiger partial charge on any atom is -0.497 e. The van der Waals surface area contributed by atoms with E-state index in [0.29, 0.717) is 23.3 Å². The van der Waals surface area contributed by atoms with E-state index in [-0.39, 0.29) is 23.3 Å². The molecule has 1 atom stereocenters. The van der Waals surface area contributed by atoms with Crippen LogP contribution in [0, 0.1) is 5.41 Å². The second kappa shape index (κ2) is 8.52. The lowest BCUT2D eigenvalue weighted by Crippen LogP contribution is -2.39. The minimum atomic E-state index is -0.439. The standard InChI is InChI=1S/C26H33NO4/c1-16-22(25(29)31-18-10-6-5-7-11-18)23(17-9-8-12-19(13-17)30-4)24-20(27-16)14-26(2,3)15-21(24)28/h8-9,12-13,18,23,27H,5-7,10-11,14-15H2,1-4H3/t23-/m1/s1. The average Bonchev–Trinajstić information content (AvgIpc) is 2.72. The number of esters is 1. The van der Waals surface area contributed by atoms with E-state index in [2.05, 4.69) is 19.2 Å². The van der Waals surface area contributed by atoms with Crippen LogP contribution < -0.4 is 10.1 Å². The van der Waals surface area contributed by atoms with E-state index < -0.39 is 5.92 Å². The van der Waals surface area contributed by atoms with Crippen LogP contribution in [0.1, 0.15) is 77.2 Å². The second-order valence-corrected chi connectivity index (χ2v) is 9.87. The molecule has 0 spiro atoms. The van der Waals surface area contributed by atoms with Gasteiger partial charge in [0, 0.05) is 29.3 Å². The molecular formula is C26H33NO4. The van der Waals surface area contributed by atoms with Gasteiger partial charge in [-0.3, -0.25) is 4.79 Å². The molecule has 0 bridgehead atoms. The van der Waals surface area contributed by atoms with Crippen molar-refractivity contribution in [2.24, 2.45) is 5.41 Å². The molecule has 0 radical (unpaired) electrons. The Hall–Kier alpha value is -2.56. The molecule has 2 aliphatic carbocycles. The highest BCUT2D eigenvalue weighted by Crippen LogP contribution is 2.47. The van der Waals surface area contributed by atoms with Crippen LogP contribution in [-0.2, 0) is 14.3 Å². The van der Waals surface area contributed by atoms with Crippen LogP contribution in [0.15, 0.2) is 46.8 Å². The number of nitrogens with one attached hydrogen (secondary N) is 1. The molecule has 1 N–H and O–H groups in total. The molecule has 5 heteroatoms. The number of benzene rings is 1. The molecule has 1 heterocycles. The Morgan fingerprint density at radius 1 is 1.13 bits per heavy atom. The SMILES string of the molecule is COc1cccc([C@@H]2C(C(=O)OC3CCCCC3)=C(C)NC3=C2C(=O)CC(C)(C)C3)c1. The lowest BCUT2D eigenvalue weighted by Gasteiger charge is -2.39. The molecule has 0 saturated heterocycles. The molecule has 31 heavy (non-hydrogen) atoms. The maximum Gasteiger partial charge on any atom is 0.337 e. The number of Topliss-reactive ketones (excluding diaryl/α,β-unsaturated/α-hetero) is 1. The third-order valence-electron chi connectivity index (χ3n) is 6.71. The summed E-state index contributed by atoms with van der Waals surface area (Å²) in [5.41, 5.74) is 3.73. The van der Waals surface area contributed by atoms with E-state index >= 15 is 0 Å². The maximum absolute atomic E-state index is 13.4. The van der Waals surface area contributed by atoms with E-state index in [9.17, 15) is 9.59 Å². The van der Waals surface area contributed by atoms with Crippen LogP contribution in [0.2, 0.25) is 0 Å². The van der Waals surface area contributed by atoms with Crippen LogP contribution in [0.5, 0.6) is 5.75 Å². The molecule has 4 rings (SSSR count). The lowest BCUT2D eigenvalue weighted by atomic mass is 9.68. The highest BCUT2D eigenvalue weighted by atomic mass is 16.5. The molecule has 0 unspecified atom stereocenters. The number of carbonyl (C=O) groups is 2. The van der Waals surface area contributed by atoms with Gasteiger partial charge in [0.15, 0.2) is 5.78 Å². The van der Waals surface area contributed by atoms with Gasteiger partial charge in [0.05, 0.1) is 12.7 Å². The molecule has 1 aromatic rings. The van der Waals surface area contributed by atoms with Gasteiger partial charge in [-0.25, -0.2) is 4.79 Å². The highest BCUT2D eigenvalue weighted by Gasteiger charge is 2.43. The van der Waals surface area contributed by atoms with Crippen molar-refractivity contribution >= 4 is 11.8 Å². The summed E-state index contributed by atoms with van der Waals surface area (Å²) in [6, 6.07) is 7.68. The molecular weight excluding hydrogens is 390 g/mol. The number of allylic oxidation sites excluding steroid dienone is 3. The van der Waals surface area contributed by atoms with Gasteiger partial charge >= 0.3 is 5.97 Å². The average molecular weight is 424 g/mol. The molecule has 0 amide bonds. The summed E-state index contributed by atoms with van der Waals surface area (Å²) in [5.74, 6) is 0.0569. The summed E-state index contributed by atoms with van der Waals surface area (Å²) in [5, 5.41) is 3.41. The van der Waals surface area contributed by atoms with Gasteiger partial charge in [-0.05, 0) is 62.1 Å². The van der Waals surface area contributed by atoms with Crippen molar-refractivity contribution in [1.29, 1.82) is 0 Å². The number of ether oxygens (including phenoxy) is 2. The number of dihydropyridines is 1. The fourth-order valence-corrected chi connectivity index (χ4v) is 5.26. The molecule has 5 nitrogen and oxygen atoms in total. The largest absolute Gasteiger partial charge is 0.497 e. The Morgan fingerprint density at radius 2 is 1.87 bits per heavy atom. The summed E-state index contributed by atoms with van der Waals surface area (Å²) in [6.45, 7) is 6.14. The molecule has 3 aliphatic rings. The Bertz CT molecular complexity index is 950. The monoisotopic (exact) mass is 423 g/mol.